The predicted molar refractivity (Wildman–Crippen MR) is 65.4 cm³/mol. The van der Waals surface area contributed by atoms with E-state index < -0.39 is 0 Å². The third kappa shape index (κ3) is 3.00. The molecule has 96 valence electrons. The fourth-order valence-corrected chi connectivity index (χ4v) is 1.80. The Hall–Kier alpha value is -2.04. The van der Waals surface area contributed by atoms with Crippen LogP contribution in [0.25, 0.3) is 0 Å². The Morgan fingerprint density at radius 1 is 1.39 bits per heavy atom. The van der Waals surface area contributed by atoms with Crippen molar-refractivity contribution in [1.29, 1.82) is 0 Å². The van der Waals surface area contributed by atoms with Gasteiger partial charge in [0.1, 0.15) is 5.76 Å². The molecular weight excluding hydrogens is 232 g/mol. The summed E-state index contributed by atoms with van der Waals surface area (Å²) in [6.45, 7) is 4.32. The van der Waals surface area contributed by atoms with Crippen molar-refractivity contribution in [3.05, 3.63) is 36.8 Å². The minimum atomic E-state index is -0.204. The van der Waals surface area contributed by atoms with E-state index in [4.69, 9.17) is 4.42 Å². The molecule has 0 aromatic carbocycles. The molecule has 0 aliphatic heterocycles. The molecule has 2 amide bonds. The van der Waals surface area contributed by atoms with Crippen molar-refractivity contribution in [1.82, 2.24) is 10.6 Å². The zero-order chi connectivity index (χ0) is 13.0. The molecule has 1 saturated carbocycles. The van der Waals surface area contributed by atoms with Crippen LogP contribution in [-0.4, -0.2) is 18.4 Å². The lowest BCUT2D eigenvalue weighted by atomic mass is 10.2. The summed E-state index contributed by atoms with van der Waals surface area (Å²) in [7, 11) is 0. The Labute approximate surface area is 105 Å². The van der Waals surface area contributed by atoms with Gasteiger partial charge in [-0.25, -0.2) is 0 Å². The van der Waals surface area contributed by atoms with Crippen LogP contribution in [0, 0.1) is 11.8 Å². The van der Waals surface area contributed by atoms with Crippen LogP contribution in [0.2, 0.25) is 0 Å². The molecule has 2 unspecified atom stereocenters. The van der Waals surface area contributed by atoms with Crippen molar-refractivity contribution in [3.8, 4) is 0 Å². The van der Waals surface area contributed by atoms with Crippen LogP contribution in [0.1, 0.15) is 12.2 Å². The largest absolute Gasteiger partial charge is 0.467 e. The van der Waals surface area contributed by atoms with Crippen molar-refractivity contribution >= 4 is 11.8 Å². The maximum absolute atomic E-state index is 11.7. The lowest BCUT2D eigenvalue weighted by Gasteiger charge is -2.03. The number of furan rings is 1. The number of carbonyl (C=O) groups excluding carboxylic acids is 2. The van der Waals surface area contributed by atoms with Crippen molar-refractivity contribution in [3.63, 3.8) is 0 Å². The minimum absolute atomic E-state index is 0.0759. The Balaban J connectivity index is 1.72. The summed E-state index contributed by atoms with van der Waals surface area (Å²) < 4.78 is 5.11. The zero-order valence-corrected chi connectivity index (χ0v) is 10.0. The fraction of sp³-hybridized carbons (Fsp3) is 0.385. The van der Waals surface area contributed by atoms with Crippen molar-refractivity contribution < 1.29 is 14.0 Å². The summed E-state index contributed by atoms with van der Waals surface area (Å²) in [5.41, 5.74) is 0. The maximum Gasteiger partial charge on any atom is 0.224 e. The Bertz CT molecular complexity index is 439. The molecule has 5 heteroatoms. The summed E-state index contributed by atoms with van der Waals surface area (Å²) in [5.74, 6) is 0.140. The molecule has 2 rings (SSSR count). The summed E-state index contributed by atoms with van der Waals surface area (Å²) in [5, 5.41) is 5.45. The topological polar surface area (TPSA) is 71.3 Å². The van der Waals surface area contributed by atoms with Crippen molar-refractivity contribution in [2.75, 3.05) is 6.54 Å². The number of hydrogen-bond donors (Lipinski definition) is 2. The molecule has 1 aromatic rings. The van der Waals surface area contributed by atoms with Gasteiger partial charge in [-0.3, -0.25) is 9.59 Å². The number of carbonyl (C=O) groups is 2. The number of amides is 2. The van der Waals surface area contributed by atoms with Crippen LogP contribution < -0.4 is 10.6 Å². The number of rotatable bonds is 6. The Kier molecular flexibility index (Phi) is 3.82. The van der Waals surface area contributed by atoms with Crippen LogP contribution in [0.5, 0.6) is 0 Å². The molecule has 0 saturated heterocycles. The van der Waals surface area contributed by atoms with E-state index in [0.29, 0.717) is 25.3 Å². The van der Waals surface area contributed by atoms with E-state index in [-0.39, 0.29) is 23.7 Å². The molecule has 2 atom stereocenters. The second-order valence-electron chi connectivity index (χ2n) is 4.28. The smallest absolute Gasteiger partial charge is 0.224 e. The fourth-order valence-electron chi connectivity index (χ4n) is 1.80. The highest BCUT2D eigenvalue weighted by atomic mass is 16.3. The first kappa shape index (κ1) is 12.4. The van der Waals surface area contributed by atoms with Crippen molar-refractivity contribution in [2.24, 2.45) is 11.8 Å². The highest BCUT2D eigenvalue weighted by molar-refractivity contribution is 5.92. The summed E-state index contributed by atoms with van der Waals surface area (Å²) in [6.07, 6.45) is 3.80. The third-order valence-corrected chi connectivity index (χ3v) is 2.90. The van der Waals surface area contributed by atoms with E-state index in [9.17, 15) is 9.59 Å². The highest BCUT2D eigenvalue weighted by Crippen LogP contribution is 2.38. The standard InChI is InChI=1S/C13H16N2O3/c1-2-5-14-12(16)10-7-11(10)13(17)15-8-9-4-3-6-18-9/h2-4,6,10-11H,1,5,7-8H2,(H,14,16)(H,15,17). The van der Waals surface area contributed by atoms with Crippen LogP contribution in [0.15, 0.2) is 35.5 Å². The maximum atomic E-state index is 11.7. The zero-order valence-electron chi connectivity index (χ0n) is 10.0. The van der Waals surface area contributed by atoms with Crippen molar-refractivity contribution in [2.45, 2.75) is 13.0 Å². The first-order valence-electron chi connectivity index (χ1n) is 5.91. The lowest BCUT2D eigenvalue weighted by Crippen LogP contribution is -2.29. The van der Waals surface area contributed by atoms with Gasteiger partial charge < -0.3 is 15.1 Å². The first-order chi connectivity index (χ1) is 8.72. The molecule has 2 N–H and O–H groups in total. The lowest BCUT2D eigenvalue weighted by molar-refractivity contribution is -0.127. The molecule has 1 aromatic heterocycles. The average Bonchev–Trinajstić information content (AvgIpc) is 3.01. The molecule has 1 heterocycles. The van der Waals surface area contributed by atoms with Gasteiger partial charge in [0.25, 0.3) is 0 Å². The van der Waals surface area contributed by atoms with Gasteiger partial charge in [0.05, 0.1) is 24.6 Å². The molecule has 0 bridgehead atoms. The van der Waals surface area contributed by atoms with Gasteiger partial charge in [0.15, 0.2) is 0 Å². The Morgan fingerprint density at radius 2 is 2.11 bits per heavy atom. The number of nitrogens with one attached hydrogen (secondary N) is 2. The van der Waals surface area contributed by atoms with Crippen LogP contribution >= 0.6 is 0 Å². The molecule has 0 radical (unpaired) electrons. The van der Waals surface area contributed by atoms with E-state index >= 15 is 0 Å². The molecular formula is C13H16N2O3. The molecule has 5 nitrogen and oxygen atoms in total. The SMILES string of the molecule is C=CCNC(=O)C1CC1C(=O)NCc1ccco1. The van der Waals surface area contributed by atoms with Crippen LogP contribution in [0.4, 0.5) is 0 Å². The van der Waals surface area contributed by atoms with Gasteiger partial charge in [-0.2, -0.15) is 0 Å². The molecule has 18 heavy (non-hydrogen) atoms. The predicted octanol–water partition coefficient (Wildman–Crippen LogP) is 0.834. The average molecular weight is 248 g/mol. The van der Waals surface area contributed by atoms with Crippen LogP contribution in [0.3, 0.4) is 0 Å². The van der Waals surface area contributed by atoms with E-state index in [1.165, 1.54) is 0 Å². The second-order valence-corrected chi connectivity index (χ2v) is 4.28. The van der Waals surface area contributed by atoms with Gasteiger partial charge >= 0.3 is 0 Å². The molecule has 0 spiro atoms. The van der Waals surface area contributed by atoms with E-state index in [1.807, 2.05) is 0 Å². The number of hydrogen-bond acceptors (Lipinski definition) is 3. The Morgan fingerprint density at radius 3 is 2.72 bits per heavy atom. The van der Waals surface area contributed by atoms with Crippen LogP contribution in [-0.2, 0) is 16.1 Å². The minimum Gasteiger partial charge on any atom is -0.467 e. The van der Waals surface area contributed by atoms with E-state index in [2.05, 4.69) is 17.2 Å². The van der Waals surface area contributed by atoms with Gasteiger partial charge in [-0.1, -0.05) is 6.08 Å². The summed E-state index contributed by atoms with van der Waals surface area (Å²) in [4.78, 5) is 23.3. The quantitative estimate of drug-likeness (QED) is 0.733. The normalized spacial score (nSPS) is 21.1. The molecule has 1 aliphatic carbocycles. The highest BCUT2D eigenvalue weighted by Gasteiger charge is 2.47. The monoisotopic (exact) mass is 248 g/mol. The van der Waals surface area contributed by atoms with Gasteiger partial charge in [-0.05, 0) is 18.6 Å². The van der Waals surface area contributed by atoms with Gasteiger partial charge in [0, 0.05) is 6.54 Å². The van der Waals surface area contributed by atoms with Gasteiger partial charge in [0.2, 0.25) is 11.8 Å². The second kappa shape index (κ2) is 5.53. The third-order valence-electron chi connectivity index (χ3n) is 2.90. The van der Waals surface area contributed by atoms with E-state index in [0.717, 1.165) is 0 Å². The molecule has 1 fully saturated rings. The summed E-state index contributed by atoms with van der Waals surface area (Å²) >= 11 is 0. The van der Waals surface area contributed by atoms with E-state index in [1.54, 1.807) is 24.5 Å². The van der Waals surface area contributed by atoms with Gasteiger partial charge in [-0.15, -0.1) is 6.58 Å². The summed E-state index contributed by atoms with van der Waals surface area (Å²) in [6, 6.07) is 3.56. The first-order valence-corrected chi connectivity index (χ1v) is 5.91. The molecule has 1 aliphatic rings.